The number of carbonyl (C=O) groups is 2. The van der Waals surface area contributed by atoms with Gasteiger partial charge >= 0.3 is 11.8 Å². The van der Waals surface area contributed by atoms with Crippen LogP contribution in [0.4, 0.5) is 9.18 Å². The smallest absolute Gasteiger partial charge is 0.410 e. The zero-order valence-corrected chi connectivity index (χ0v) is 14.5. The van der Waals surface area contributed by atoms with Crippen molar-refractivity contribution in [2.75, 3.05) is 19.6 Å². The molecule has 25 heavy (non-hydrogen) atoms. The van der Waals surface area contributed by atoms with E-state index in [1.54, 1.807) is 20.8 Å². The van der Waals surface area contributed by atoms with Crippen LogP contribution in [-0.2, 0) is 16.1 Å². The molecule has 9 nitrogen and oxygen atoms in total. The van der Waals surface area contributed by atoms with Gasteiger partial charge in [0.25, 0.3) is 0 Å². The first kappa shape index (κ1) is 17.4. The van der Waals surface area contributed by atoms with Gasteiger partial charge in [0.05, 0.1) is 19.6 Å². The molecule has 1 aromatic heterocycles. The Morgan fingerprint density at radius 3 is 2.60 bits per heavy atom. The number of nitrogens with zero attached hydrogens (tertiary/aromatic N) is 4. The van der Waals surface area contributed by atoms with Gasteiger partial charge in [-0.15, -0.1) is 0 Å². The van der Waals surface area contributed by atoms with E-state index in [0.29, 0.717) is 6.54 Å². The fourth-order valence-corrected chi connectivity index (χ4v) is 3.08. The summed E-state index contributed by atoms with van der Waals surface area (Å²) < 4.78 is 20.0. The van der Waals surface area contributed by atoms with Gasteiger partial charge in [-0.2, -0.15) is 5.10 Å². The average molecular weight is 355 g/mol. The van der Waals surface area contributed by atoms with E-state index in [0.717, 1.165) is 0 Å². The highest BCUT2D eigenvalue weighted by Gasteiger charge is 2.40. The van der Waals surface area contributed by atoms with Crippen LogP contribution in [0.15, 0.2) is 4.79 Å². The maximum Gasteiger partial charge on any atom is 0.410 e. The lowest BCUT2D eigenvalue weighted by Gasteiger charge is -2.35. The number of hydrogen-bond donors (Lipinski definition) is 1. The molecular formula is C15H22FN5O4. The lowest BCUT2D eigenvalue weighted by atomic mass is 10.1. The van der Waals surface area contributed by atoms with Gasteiger partial charge in [0.15, 0.2) is 5.82 Å². The fraction of sp³-hybridized carbons (Fsp3) is 0.733. The molecule has 10 heteroatoms. The van der Waals surface area contributed by atoms with Crippen LogP contribution in [0.3, 0.4) is 0 Å². The van der Waals surface area contributed by atoms with Crippen LogP contribution in [0.1, 0.15) is 39.1 Å². The zero-order chi connectivity index (χ0) is 18.4. The summed E-state index contributed by atoms with van der Waals surface area (Å²) in [5.74, 6) is -0.116. The summed E-state index contributed by atoms with van der Waals surface area (Å²) in [5.41, 5.74) is -1.21. The molecule has 138 valence electrons. The minimum absolute atomic E-state index is 0.00368. The number of carbonyl (C=O) groups excluding carboxylic acids is 2. The van der Waals surface area contributed by atoms with E-state index < -0.39 is 35.5 Å². The number of hydrogen-bond acceptors (Lipinski definition) is 5. The second kappa shape index (κ2) is 6.16. The monoisotopic (exact) mass is 355 g/mol. The molecule has 0 aromatic carbocycles. The molecule has 0 radical (unpaired) electrons. The second-order valence-electron chi connectivity index (χ2n) is 7.36. The van der Waals surface area contributed by atoms with Crippen molar-refractivity contribution in [2.45, 2.75) is 51.6 Å². The number of ether oxygens (including phenoxy) is 1. The summed E-state index contributed by atoms with van der Waals surface area (Å²) >= 11 is 0. The topological polar surface area (TPSA) is 101 Å². The molecule has 3 rings (SSSR count). The maximum atomic E-state index is 13.4. The highest BCUT2D eigenvalue weighted by molar-refractivity contribution is 5.82. The van der Waals surface area contributed by atoms with Crippen LogP contribution in [0.25, 0.3) is 0 Å². The Morgan fingerprint density at radius 1 is 1.28 bits per heavy atom. The van der Waals surface area contributed by atoms with Crippen LogP contribution < -0.4 is 5.69 Å². The second-order valence-corrected chi connectivity index (χ2v) is 7.36. The van der Waals surface area contributed by atoms with Crippen molar-refractivity contribution in [2.24, 2.45) is 0 Å². The highest BCUT2D eigenvalue weighted by Crippen LogP contribution is 2.24. The van der Waals surface area contributed by atoms with Crippen LogP contribution in [-0.4, -0.2) is 68.0 Å². The normalized spacial score (nSPS) is 23.5. The summed E-state index contributed by atoms with van der Waals surface area (Å²) in [6.07, 6.45) is -1.37. The van der Waals surface area contributed by atoms with Gasteiger partial charge in [-0.25, -0.2) is 19.1 Å². The number of nitrogens with one attached hydrogen (secondary N) is 1. The number of halogens is 1. The van der Waals surface area contributed by atoms with E-state index in [1.165, 1.54) is 14.4 Å². The van der Waals surface area contributed by atoms with Crippen molar-refractivity contribution in [1.82, 2.24) is 24.6 Å². The molecule has 1 saturated heterocycles. The molecule has 0 aliphatic carbocycles. The molecule has 2 atom stereocenters. The molecule has 1 aromatic rings. The van der Waals surface area contributed by atoms with Crippen molar-refractivity contribution in [1.29, 1.82) is 0 Å². The molecule has 3 heterocycles. The quantitative estimate of drug-likeness (QED) is 0.787. The Balaban J connectivity index is 1.86. The molecule has 2 aliphatic heterocycles. The van der Waals surface area contributed by atoms with Crippen LogP contribution in [0.2, 0.25) is 0 Å². The molecule has 0 unspecified atom stereocenters. The minimum atomic E-state index is -1.06. The Labute approximate surface area is 143 Å². The number of amides is 2. The zero-order valence-electron chi connectivity index (χ0n) is 14.5. The third kappa shape index (κ3) is 3.52. The van der Waals surface area contributed by atoms with Crippen LogP contribution in [0.5, 0.6) is 0 Å². The molecule has 0 spiro atoms. The number of fused-ring (bicyclic) bond motifs is 1. The summed E-state index contributed by atoms with van der Waals surface area (Å²) in [4.78, 5) is 39.9. The van der Waals surface area contributed by atoms with Crippen molar-refractivity contribution >= 4 is 12.0 Å². The standard InChI is InChI=1S/C15H22FN5O4/c1-15(2,3)25-14(24)20-7-10(12(22)19-5-4-9(16)6-19)21-11(8-20)17-18-13(21)23/h9-10H,4-8H2,1-3H3,(H,18,23)/t9-,10-/m0/s1. The number of alkyl halides is 1. The largest absolute Gasteiger partial charge is 0.444 e. The van der Waals surface area contributed by atoms with Crippen molar-refractivity contribution in [3.63, 3.8) is 0 Å². The summed E-state index contributed by atoms with van der Waals surface area (Å²) in [5, 5.41) is 6.20. The van der Waals surface area contributed by atoms with E-state index in [1.807, 2.05) is 0 Å². The molecule has 2 aliphatic rings. The molecular weight excluding hydrogens is 333 g/mol. The first-order valence-electron chi connectivity index (χ1n) is 8.22. The molecule has 0 bridgehead atoms. The first-order chi connectivity index (χ1) is 11.7. The summed E-state index contributed by atoms with van der Waals surface area (Å²) in [7, 11) is 0. The SMILES string of the molecule is CC(C)(C)OC(=O)N1Cc2n[nH]c(=O)n2[C@H](C(=O)N2CC[C@H](F)C2)C1. The first-order valence-corrected chi connectivity index (χ1v) is 8.22. The fourth-order valence-electron chi connectivity index (χ4n) is 3.08. The van der Waals surface area contributed by atoms with Crippen molar-refractivity contribution < 1.29 is 18.7 Å². The van der Waals surface area contributed by atoms with Gasteiger partial charge in [-0.3, -0.25) is 14.3 Å². The number of aromatic amines is 1. The Kier molecular flexibility index (Phi) is 4.29. The van der Waals surface area contributed by atoms with Gasteiger partial charge in [-0.05, 0) is 27.2 Å². The van der Waals surface area contributed by atoms with Gasteiger partial charge in [0, 0.05) is 6.54 Å². The molecule has 0 saturated carbocycles. The average Bonchev–Trinajstić information content (AvgIpc) is 3.10. The Bertz CT molecular complexity index is 737. The third-order valence-electron chi connectivity index (χ3n) is 4.19. The minimum Gasteiger partial charge on any atom is -0.444 e. The Hall–Kier alpha value is -2.39. The van der Waals surface area contributed by atoms with Crippen LogP contribution in [0, 0.1) is 0 Å². The van der Waals surface area contributed by atoms with Gasteiger partial charge < -0.3 is 9.64 Å². The van der Waals surface area contributed by atoms with Crippen molar-refractivity contribution in [3.05, 3.63) is 16.3 Å². The predicted octanol–water partition coefficient (Wildman–Crippen LogP) is 0.434. The number of rotatable bonds is 1. The summed E-state index contributed by atoms with van der Waals surface area (Å²) in [6.45, 7) is 5.57. The van der Waals surface area contributed by atoms with E-state index >= 15 is 0 Å². The highest BCUT2D eigenvalue weighted by atomic mass is 19.1. The molecule has 1 N–H and O–H groups in total. The molecule has 2 amide bonds. The van der Waals surface area contributed by atoms with Gasteiger partial charge in [0.2, 0.25) is 5.91 Å². The third-order valence-corrected chi connectivity index (χ3v) is 4.19. The van der Waals surface area contributed by atoms with Crippen molar-refractivity contribution in [3.8, 4) is 0 Å². The molecule has 1 fully saturated rings. The van der Waals surface area contributed by atoms with Crippen LogP contribution >= 0.6 is 0 Å². The summed E-state index contributed by atoms with van der Waals surface area (Å²) in [6, 6.07) is -0.937. The predicted molar refractivity (Wildman–Crippen MR) is 84.6 cm³/mol. The van der Waals surface area contributed by atoms with E-state index in [2.05, 4.69) is 10.2 Å². The number of likely N-dealkylation sites (tertiary alicyclic amines) is 1. The Morgan fingerprint density at radius 2 is 2.00 bits per heavy atom. The van der Waals surface area contributed by atoms with E-state index in [4.69, 9.17) is 4.74 Å². The van der Waals surface area contributed by atoms with Gasteiger partial charge in [0.1, 0.15) is 17.8 Å². The number of aromatic nitrogens is 3. The number of H-pyrrole nitrogens is 1. The lowest BCUT2D eigenvalue weighted by Crippen LogP contribution is -2.50. The maximum absolute atomic E-state index is 13.4. The van der Waals surface area contributed by atoms with E-state index in [-0.39, 0.29) is 31.9 Å². The lowest BCUT2D eigenvalue weighted by molar-refractivity contribution is -0.135. The van der Waals surface area contributed by atoms with E-state index in [9.17, 15) is 18.8 Å². The van der Waals surface area contributed by atoms with Gasteiger partial charge in [-0.1, -0.05) is 0 Å².